The van der Waals surface area contributed by atoms with Crippen LogP contribution in [0.25, 0.3) is 0 Å². The van der Waals surface area contributed by atoms with Crippen molar-refractivity contribution in [1.82, 2.24) is 9.97 Å². The fourth-order valence-corrected chi connectivity index (χ4v) is 2.90. The van der Waals surface area contributed by atoms with Crippen LogP contribution in [-0.2, 0) is 0 Å². The van der Waals surface area contributed by atoms with E-state index in [1.54, 1.807) is 0 Å². The standard InChI is InChI=1S/C16H18N4O2S/c1-10-9-12(21)13-14(17-16(23-3)18-15(13)22-2)20(10)19-11-7-5-4-6-8-11/h4-8,10,19H,9H2,1-3H3. The zero-order chi connectivity index (χ0) is 16.4. The average molecular weight is 330 g/mol. The van der Waals surface area contributed by atoms with E-state index in [1.807, 2.05) is 48.5 Å². The molecule has 1 aromatic heterocycles. The Bertz CT molecular complexity index is 724. The Morgan fingerprint density at radius 3 is 2.70 bits per heavy atom. The summed E-state index contributed by atoms with van der Waals surface area (Å²) in [6, 6.07) is 9.78. The van der Waals surface area contributed by atoms with Crippen LogP contribution < -0.4 is 15.2 Å². The number of hydrazine groups is 1. The third-order valence-electron chi connectivity index (χ3n) is 3.66. The van der Waals surface area contributed by atoms with Crippen molar-refractivity contribution in [3.05, 3.63) is 35.9 Å². The minimum atomic E-state index is -0.0236. The number of hydrogen-bond acceptors (Lipinski definition) is 7. The van der Waals surface area contributed by atoms with Gasteiger partial charge in [-0.2, -0.15) is 4.98 Å². The zero-order valence-electron chi connectivity index (χ0n) is 13.2. The fraction of sp³-hybridized carbons (Fsp3) is 0.312. The third-order valence-corrected chi connectivity index (χ3v) is 4.21. The van der Waals surface area contributed by atoms with E-state index < -0.39 is 0 Å². The average Bonchev–Trinajstić information content (AvgIpc) is 2.58. The highest BCUT2D eigenvalue weighted by Crippen LogP contribution is 2.35. The summed E-state index contributed by atoms with van der Waals surface area (Å²) in [4.78, 5) is 21.3. The molecule has 1 aliphatic heterocycles. The van der Waals surface area contributed by atoms with Gasteiger partial charge in [-0.1, -0.05) is 30.0 Å². The maximum absolute atomic E-state index is 12.5. The summed E-state index contributed by atoms with van der Waals surface area (Å²) in [7, 11) is 1.52. The quantitative estimate of drug-likeness (QED) is 0.682. The first-order valence-electron chi connectivity index (χ1n) is 7.28. The van der Waals surface area contributed by atoms with E-state index in [0.29, 0.717) is 28.8 Å². The summed E-state index contributed by atoms with van der Waals surface area (Å²) in [5.41, 5.74) is 4.71. The first kappa shape index (κ1) is 15.6. The van der Waals surface area contributed by atoms with E-state index in [-0.39, 0.29) is 11.8 Å². The number of hydrogen-bond donors (Lipinski definition) is 1. The number of ether oxygens (including phenoxy) is 1. The van der Waals surface area contributed by atoms with Gasteiger partial charge in [-0.15, -0.1) is 0 Å². The maximum atomic E-state index is 12.5. The number of fused-ring (bicyclic) bond motifs is 1. The van der Waals surface area contributed by atoms with Gasteiger partial charge in [0.05, 0.1) is 18.8 Å². The number of para-hydroxylation sites is 1. The topological polar surface area (TPSA) is 67.4 Å². The number of aromatic nitrogens is 2. The number of rotatable bonds is 4. The predicted octanol–water partition coefficient (Wildman–Crippen LogP) is 3.02. The number of nitrogens with zero attached hydrogens (tertiary/aromatic N) is 3. The van der Waals surface area contributed by atoms with Gasteiger partial charge < -0.3 is 4.74 Å². The minimum Gasteiger partial charge on any atom is -0.480 e. The van der Waals surface area contributed by atoms with Crippen LogP contribution >= 0.6 is 11.8 Å². The van der Waals surface area contributed by atoms with Crippen molar-refractivity contribution in [2.75, 3.05) is 23.8 Å². The number of anilines is 2. The number of carbonyl (C=O) groups is 1. The Labute approximate surface area is 139 Å². The molecule has 7 heteroatoms. The van der Waals surface area contributed by atoms with E-state index >= 15 is 0 Å². The highest BCUT2D eigenvalue weighted by molar-refractivity contribution is 7.98. The summed E-state index contributed by atoms with van der Waals surface area (Å²) < 4.78 is 5.32. The molecule has 0 aliphatic carbocycles. The van der Waals surface area contributed by atoms with Crippen molar-refractivity contribution in [2.24, 2.45) is 0 Å². The van der Waals surface area contributed by atoms with Gasteiger partial charge in [-0.25, -0.2) is 4.98 Å². The van der Waals surface area contributed by atoms with Crippen LogP contribution in [0.1, 0.15) is 23.7 Å². The molecule has 1 aliphatic rings. The zero-order valence-corrected chi connectivity index (χ0v) is 14.1. The van der Waals surface area contributed by atoms with Crippen LogP contribution in [0.3, 0.4) is 0 Å². The Hall–Kier alpha value is -2.28. The van der Waals surface area contributed by atoms with E-state index in [4.69, 9.17) is 4.74 Å². The van der Waals surface area contributed by atoms with Crippen LogP contribution in [0.2, 0.25) is 0 Å². The summed E-state index contributed by atoms with van der Waals surface area (Å²) in [5.74, 6) is 0.896. The van der Waals surface area contributed by atoms with Crippen molar-refractivity contribution in [1.29, 1.82) is 0 Å². The molecule has 2 heterocycles. The normalized spacial score (nSPS) is 16.9. The van der Waals surface area contributed by atoms with Gasteiger partial charge in [-0.3, -0.25) is 15.2 Å². The number of nitrogens with one attached hydrogen (secondary N) is 1. The monoisotopic (exact) mass is 330 g/mol. The lowest BCUT2D eigenvalue weighted by Gasteiger charge is -2.36. The molecule has 0 radical (unpaired) electrons. The maximum Gasteiger partial charge on any atom is 0.230 e. The third kappa shape index (κ3) is 2.96. The molecule has 1 atom stereocenters. The molecule has 3 rings (SSSR count). The first-order valence-corrected chi connectivity index (χ1v) is 8.50. The number of thioether (sulfide) groups is 1. The molecule has 6 nitrogen and oxygen atoms in total. The van der Waals surface area contributed by atoms with Gasteiger partial charge in [0, 0.05) is 6.42 Å². The molecule has 0 bridgehead atoms. The molecule has 1 N–H and O–H groups in total. The van der Waals surface area contributed by atoms with Crippen molar-refractivity contribution in [2.45, 2.75) is 24.5 Å². The highest BCUT2D eigenvalue weighted by atomic mass is 32.2. The Balaban J connectivity index is 2.08. The van der Waals surface area contributed by atoms with E-state index in [2.05, 4.69) is 15.4 Å². The number of benzene rings is 1. The van der Waals surface area contributed by atoms with Gasteiger partial charge in [0.25, 0.3) is 0 Å². The summed E-state index contributed by atoms with van der Waals surface area (Å²) in [6.07, 6.45) is 2.27. The van der Waals surface area contributed by atoms with Gasteiger partial charge in [0.1, 0.15) is 5.56 Å². The highest BCUT2D eigenvalue weighted by Gasteiger charge is 2.34. The molecule has 0 fully saturated rings. The van der Waals surface area contributed by atoms with Crippen LogP contribution in [-0.4, -0.2) is 35.2 Å². The number of carbonyl (C=O) groups excluding carboxylic acids is 1. The lowest BCUT2D eigenvalue weighted by Crippen LogP contribution is -2.44. The molecule has 1 aromatic carbocycles. The largest absolute Gasteiger partial charge is 0.480 e. The van der Waals surface area contributed by atoms with Crippen molar-refractivity contribution in [3.63, 3.8) is 0 Å². The molecule has 23 heavy (non-hydrogen) atoms. The van der Waals surface area contributed by atoms with E-state index in [9.17, 15) is 4.79 Å². The van der Waals surface area contributed by atoms with Crippen molar-refractivity contribution < 1.29 is 9.53 Å². The van der Waals surface area contributed by atoms with Crippen molar-refractivity contribution >= 4 is 29.1 Å². The second-order valence-electron chi connectivity index (χ2n) is 5.24. The summed E-state index contributed by atoms with van der Waals surface area (Å²) in [6.45, 7) is 1.99. The Morgan fingerprint density at radius 2 is 2.04 bits per heavy atom. The Kier molecular flexibility index (Phi) is 4.38. The first-order chi connectivity index (χ1) is 11.1. The smallest absolute Gasteiger partial charge is 0.230 e. The number of methoxy groups -OCH3 is 1. The van der Waals surface area contributed by atoms with E-state index in [0.717, 1.165) is 5.69 Å². The molecule has 1 unspecified atom stereocenters. The second kappa shape index (κ2) is 6.45. The SMILES string of the molecule is COc1nc(SC)nc2c1C(=O)CC(C)N2Nc1ccccc1. The number of Topliss-reactive ketones (excluding diaryl/α,β-unsaturated/α-hetero) is 1. The molecule has 0 saturated heterocycles. The van der Waals surface area contributed by atoms with Crippen LogP contribution in [0.15, 0.2) is 35.5 Å². The molecule has 0 spiro atoms. The fourth-order valence-electron chi connectivity index (χ4n) is 2.55. The van der Waals surface area contributed by atoms with Crippen LogP contribution in [0, 0.1) is 0 Å². The predicted molar refractivity (Wildman–Crippen MR) is 91.3 cm³/mol. The molecule has 120 valence electrons. The lowest BCUT2D eigenvalue weighted by molar-refractivity contribution is 0.0964. The minimum absolute atomic E-state index is 0.00288. The van der Waals surface area contributed by atoms with Crippen LogP contribution in [0.4, 0.5) is 11.5 Å². The van der Waals surface area contributed by atoms with Gasteiger partial charge >= 0.3 is 0 Å². The van der Waals surface area contributed by atoms with Gasteiger partial charge in [0.2, 0.25) is 5.88 Å². The molecule has 2 aromatic rings. The summed E-state index contributed by atoms with van der Waals surface area (Å²) >= 11 is 1.41. The summed E-state index contributed by atoms with van der Waals surface area (Å²) in [5, 5.41) is 2.48. The molecular weight excluding hydrogens is 312 g/mol. The van der Waals surface area contributed by atoms with Gasteiger partial charge in [-0.05, 0) is 25.3 Å². The second-order valence-corrected chi connectivity index (χ2v) is 6.02. The molecule has 0 saturated carbocycles. The van der Waals surface area contributed by atoms with Crippen molar-refractivity contribution in [3.8, 4) is 5.88 Å². The van der Waals surface area contributed by atoms with Crippen LogP contribution in [0.5, 0.6) is 5.88 Å². The van der Waals surface area contributed by atoms with Gasteiger partial charge in [0.15, 0.2) is 16.8 Å². The molecule has 0 amide bonds. The Morgan fingerprint density at radius 1 is 1.30 bits per heavy atom. The van der Waals surface area contributed by atoms with E-state index in [1.165, 1.54) is 18.9 Å². The number of ketones is 1. The molecular formula is C16H18N4O2S. The lowest BCUT2D eigenvalue weighted by atomic mass is 10.0.